The van der Waals surface area contributed by atoms with Gasteiger partial charge in [0, 0.05) is 25.1 Å². The third kappa shape index (κ3) is 3.75. The molecule has 1 N–H and O–H groups in total. The monoisotopic (exact) mass is 583 g/mol. The van der Waals surface area contributed by atoms with Gasteiger partial charge in [0.15, 0.2) is 0 Å². The lowest BCUT2D eigenvalue weighted by atomic mass is 9.33. The average Bonchev–Trinajstić information content (AvgIpc) is 2.86. The molecule has 0 saturated heterocycles. The van der Waals surface area contributed by atoms with Crippen LogP contribution < -0.4 is 4.90 Å². The number of carboxylic acid groups (broad SMARTS) is 1. The number of halogens is 1. The molecule has 1 aromatic heterocycles. The largest absolute Gasteiger partial charge is 0.481 e. The third-order valence-corrected chi connectivity index (χ3v) is 14.2. The van der Waals surface area contributed by atoms with Gasteiger partial charge in [-0.25, -0.2) is 9.97 Å². The van der Waals surface area contributed by atoms with E-state index in [0.29, 0.717) is 23.7 Å². The molecule has 0 amide bonds. The van der Waals surface area contributed by atoms with Gasteiger partial charge in [0.05, 0.1) is 11.1 Å². The first kappa shape index (κ1) is 30.8. The summed E-state index contributed by atoms with van der Waals surface area (Å²) in [7, 11) is 4.24. The number of fused-ring (bicyclic) bond motifs is 8. The average molecular weight is 584 g/mol. The van der Waals surface area contributed by atoms with Crippen LogP contribution in [0.2, 0.25) is 0 Å². The first-order valence-corrected chi connectivity index (χ1v) is 16.0. The van der Waals surface area contributed by atoms with E-state index in [1.165, 1.54) is 29.7 Å². The summed E-state index contributed by atoms with van der Waals surface area (Å²) in [6.07, 6.45) is 10.8. The van der Waals surface area contributed by atoms with Crippen molar-refractivity contribution in [3.8, 4) is 0 Å². The Labute approximate surface area is 254 Å². The molecule has 5 aliphatic carbocycles. The number of anilines is 1. The van der Waals surface area contributed by atoms with Gasteiger partial charge in [-0.05, 0) is 104 Å². The van der Waals surface area contributed by atoms with Crippen molar-refractivity contribution >= 4 is 24.2 Å². The van der Waals surface area contributed by atoms with Crippen molar-refractivity contribution in [1.82, 2.24) is 9.97 Å². The van der Waals surface area contributed by atoms with E-state index in [4.69, 9.17) is 9.97 Å². The molecule has 9 atom stereocenters. The number of hydrogen-bond acceptors (Lipinski definition) is 4. The van der Waals surface area contributed by atoms with Crippen LogP contribution in [0.4, 0.5) is 5.82 Å². The summed E-state index contributed by atoms with van der Waals surface area (Å²) in [5, 5.41) is 10.7. The van der Waals surface area contributed by atoms with Crippen molar-refractivity contribution in [3.63, 3.8) is 0 Å². The number of aromatic nitrogens is 2. The second-order valence-electron chi connectivity index (χ2n) is 16.3. The van der Waals surface area contributed by atoms with E-state index >= 15 is 0 Å². The minimum Gasteiger partial charge on any atom is -0.481 e. The number of aliphatic carboxylic acids is 1. The molecule has 0 aliphatic heterocycles. The molecular weight excluding hydrogens is 530 g/mol. The standard InChI is InChI=1S/C35H53N3O2.ClH/c1-20-13-16-35(30(39)40)18-17-33(7)24(27(35)21(20)2)11-12-26-32(6)19-23-28(36-22(3)37-29(23)38(9)10)31(4,5)25(32)14-15-34(26,33)8;/h11,20-21,25-27H,12-19H2,1-10H3,(H,39,40);1H/t20-,21+,25+,26-,27+,32+,33-,34-,35+;/m1./s1. The summed E-state index contributed by atoms with van der Waals surface area (Å²) >= 11 is 0. The van der Waals surface area contributed by atoms with E-state index < -0.39 is 11.4 Å². The number of rotatable bonds is 2. The van der Waals surface area contributed by atoms with Crippen molar-refractivity contribution in [2.24, 2.45) is 51.2 Å². The SMILES string of the molecule is Cc1nc(N(C)C)c2c(n1)C(C)(C)[C@@H]1CC[C@]3(C)[C@H](CC=C4[C@@H]5[C@@H](C)[C@H](C)CC[C@]5(C(=O)O)CC[C@]43C)[C@@]1(C)C2.Cl. The molecule has 1 heterocycles. The Kier molecular flexibility index (Phi) is 7.10. The summed E-state index contributed by atoms with van der Waals surface area (Å²) in [4.78, 5) is 25.3. The lowest BCUT2D eigenvalue weighted by molar-refractivity contribution is -0.179. The Morgan fingerprint density at radius 1 is 0.976 bits per heavy atom. The van der Waals surface area contributed by atoms with Crippen LogP contribution in [0.5, 0.6) is 0 Å². The van der Waals surface area contributed by atoms with Gasteiger partial charge in [-0.3, -0.25) is 4.79 Å². The number of carbonyl (C=O) groups is 1. The van der Waals surface area contributed by atoms with Crippen LogP contribution in [-0.4, -0.2) is 35.1 Å². The zero-order chi connectivity index (χ0) is 29.2. The Morgan fingerprint density at radius 3 is 2.29 bits per heavy atom. The van der Waals surface area contributed by atoms with Crippen LogP contribution in [0.15, 0.2) is 11.6 Å². The Balaban J connectivity index is 0.00000337. The van der Waals surface area contributed by atoms with Crippen LogP contribution in [0.1, 0.15) is 110 Å². The first-order chi connectivity index (χ1) is 18.5. The molecule has 5 aliphatic rings. The summed E-state index contributed by atoms with van der Waals surface area (Å²) < 4.78 is 0. The highest BCUT2D eigenvalue weighted by Crippen LogP contribution is 2.75. The van der Waals surface area contributed by atoms with Gasteiger partial charge in [-0.2, -0.15) is 0 Å². The Hall–Kier alpha value is -1.62. The molecule has 0 spiro atoms. The molecule has 41 heavy (non-hydrogen) atoms. The smallest absolute Gasteiger partial charge is 0.310 e. The highest BCUT2D eigenvalue weighted by molar-refractivity contribution is 5.85. The highest BCUT2D eigenvalue weighted by atomic mass is 35.5. The van der Waals surface area contributed by atoms with Crippen molar-refractivity contribution in [3.05, 3.63) is 28.7 Å². The highest BCUT2D eigenvalue weighted by Gasteiger charge is 2.69. The van der Waals surface area contributed by atoms with E-state index in [9.17, 15) is 9.90 Å². The number of carboxylic acids is 1. The molecule has 0 bridgehead atoms. The predicted molar refractivity (Wildman–Crippen MR) is 169 cm³/mol. The quantitative estimate of drug-likeness (QED) is 0.357. The van der Waals surface area contributed by atoms with E-state index in [1.807, 2.05) is 6.92 Å². The molecule has 3 fully saturated rings. The second kappa shape index (κ2) is 9.44. The van der Waals surface area contributed by atoms with Crippen LogP contribution in [0.25, 0.3) is 0 Å². The maximum Gasteiger partial charge on any atom is 0.310 e. The van der Waals surface area contributed by atoms with Crippen LogP contribution >= 0.6 is 12.4 Å². The Bertz CT molecular complexity index is 1290. The zero-order valence-corrected chi connectivity index (χ0v) is 28.0. The van der Waals surface area contributed by atoms with Crippen molar-refractivity contribution < 1.29 is 9.90 Å². The van der Waals surface area contributed by atoms with Gasteiger partial charge in [-0.15, -0.1) is 12.4 Å². The molecule has 6 heteroatoms. The van der Waals surface area contributed by atoms with Crippen molar-refractivity contribution in [1.29, 1.82) is 0 Å². The predicted octanol–water partition coefficient (Wildman–Crippen LogP) is 8.03. The molecule has 0 radical (unpaired) electrons. The van der Waals surface area contributed by atoms with Crippen molar-refractivity contribution in [2.45, 2.75) is 112 Å². The molecular formula is C35H54ClN3O2. The fraction of sp³-hybridized carbons (Fsp3) is 0.800. The summed E-state index contributed by atoms with van der Waals surface area (Å²) in [5.74, 6) is 3.67. The van der Waals surface area contributed by atoms with Crippen LogP contribution in [0.3, 0.4) is 0 Å². The van der Waals surface area contributed by atoms with Gasteiger partial charge in [0.1, 0.15) is 11.6 Å². The lowest BCUT2D eigenvalue weighted by Gasteiger charge is -2.70. The third-order valence-electron chi connectivity index (χ3n) is 14.2. The molecule has 6 rings (SSSR count). The maximum absolute atomic E-state index is 13.0. The van der Waals surface area contributed by atoms with Gasteiger partial charge < -0.3 is 10.0 Å². The van der Waals surface area contributed by atoms with Crippen LogP contribution in [-0.2, 0) is 16.6 Å². The lowest BCUT2D eigenvalue weighted by Crippen LogP contribution is -2.65. The Morgan fingerprint density at radius 2 is 1.66 bits per heavy atom. The number of aryl methyl sites for hydroxylation is 1. The van der Waals surface area contributed by atoms with Crippen LogP contribution in [0, 0.1) is 58.2 Å². The number of nitrogens with zero attached hydrogens (tertiary/aromatic N) is 3. The second-order valence-corrected chi connectivity index (χ2v) is 16.3. The molecule has 228 valence electrons. The fourth-order valence-corrected chi connectivity index (χ4v) is 11.8. The summed E-state index contributed by atoms with van der Waals surface area (Å²) in [6, 6.07) is 0. The fourth-order valence-electron chi connectivity index (χ4n) is 11.8. The molecule has 3 saturated carbocycles. The van der Waals surface area contributed by atoms with E-state index in [1.54, 1.807) is 0 Å². The van der Waals surface area contributed by atoms with E-state index in [-0.39, 0.29) is 40.0 Å². The topological polar surface area (TPSA) is 66.3 Å². The minimum atomic E-state index is -0.580. The molecule has 5 nitrogen and oxygen atoms in total. The summed E-state index contributed by atoms with van der Waals surface area (Å²) in [6.45, 7) is 19.4. The number of allylic oxidation sites excluding steroid dienone is 2. The minimum absolute atomic E-state index is 0. The zero-order valence-electron chi connectivity index (χ0n) is 27.2. The molecule has 0 aromatic carbocycles. The van der Waals surface area contributed by atoms with Gasteiger partial charge in [-0.1, -0.05) is 60.1 Å². The van der Waals surface area contributed by atoms with E-state index in [0.717, 1.165) is 50.2 Å². The molecule has 0 unspecified atom stereocenters. The van der Waals surface area contributed by atoms with E-state index in [2.05, 4.69) is 73.5 Å². The number of hydrogen-bond donors (Lipinski definition) is 1. The van der Waals surface area contributed by atoms with Crippen molar-refractivity contribution in [2.75, 3.05) is 19.0 Å². The molecule has 1 aromatic rings. The van der Waals surface area contributed by atoms with Gasteiger partial charge >= 0.3 is 5.97 Å². The maximum atomic E-state index is 13.0. The van der Waals surface area contributed by atoms with Gasteiger partial charge in [0.25, 0.3) is 0 Å². The summed E-state index contributed by atoms with van der Waals surface area (Å²) in [5.41, 5.74) is 3.85. The normalized spacial score (nSPS) is 44.0. The van der Waals surface area contributed by atoms with Gasteiger partial charge in [0.2, 0.25) is 0 Å². The first-order valence-electron chi connectivity index (χ1n) is 16.0.